The first kappa shape index (κ1) is 33.5. The summed E-state index contributed by atoms with van der Waals surface area (Å²) in [7, 11) is 1.81. The van der Waals surface area contributed by atoms with Crippen molar-refractivity contribution in [3.8, 4) is 0 Å². The molecule has 1 aliphatic rings. The van der Waals surface area contributed by atoms with Gasteiger partial charge in [0.2, 0.25) is 5.91 Å². The van der Waals surface area contributed by atoms with E-state index in [0.29, 0.717) is 0 Å². The van der Waals surface area contributed by atoms with Crippen LogP contribution in [0.5, 0.6) is 0 Å². The fourth-order valence-corrected chi connectivity index (χ4v) is 2.37. The first-order valence-corrected chi connectivity index (χ1v) is 10.8. The van der Waals surface area contributed by atoms with Crippen molar-refractivity contribution in [2.24, 2.45) is 5.92 Å². The van der Waals surface area contributed by atoms with Gasteiger partial charge in [0, 0.05) is 18.3 Å². The fraction of sp³-hybridized carbons (Fsp3) is 0.500. The average molecular weight is 390 g/mol. The van der Waals surface area contributed by atoms with Crippen LogP contribution in [0.1, 0.15) is 76.2 Å². The van der Waals surface area contributed by atoms with Crippen molar-refractivity contribution < 1.29 is 4.79 Å². The summed E-state index contributed by atoms with van der Waals surface area (Å²) in [5.41, 5.74) is 3.96. The summed E-state index contributed by atoms with van der Waals surface area (Å²) in [6.07, 6.45) is 11.4. The Bertz CT molecular complexity index is 545. The number of amides is 1. The molecule has 1 unspecified atom stereocenters. The lowest BCUT2D eigenvalue weighted by atomic mass is 9.91. The second-order valence-corrected chi connectivity index (χ2v) is 4.79. The molecule has 2 heteroatoms. The Morgan fingerprint density at radius 2 is 1.36 bits per heavy atom. The van der Waals surface area contributed by atoms with Crippen LogP contribution in [-0.4, -0.2) is 17.9 Å². The van der Waals surface area contributed by atoms with Crippen LogP contribution in [0.3, 0.4) is 0 Å². The van der Waals surface area contributed by atoms with Crippen LogP contribution in [0, 0.1) is 5.92 Å². The predicted octanol–water partition coefficient (Wildman–Crippen LogP) is 8.27. The Hall–Kier alpha value is -2.09. The SMILES string of the molecule is C=C/C=C\C1=C(C)N(C)C(=O)C(C)C(C=C)=C1/C=C\C.CC.CC.CC.CC. The lowest BCUT2D eigenvalue weighted by Gasteiger charge is -2.20. The highest BCUT2D eigenvalue weighted by Crippen LogP contribution is 2.32. The molecule has 1 amide bonds. The number of carbonyl (C=O) groups excluding carboxylic acids is 1. The van der Waals surface area contributed by atoms with Gasteiger partial charge in [-0.3, -0.25) is 4.79 Å². The van der Waals surface area contributed by atoms with Gasteiger partial charge in [0.1, 0.15) is 0 Å². The monoisotopic (exact) mass is 389 g/mol. The first-order valence-electron chi connectivity index (χ1n) is 10.8. The molecule has 0 aromatic rings. The van der Waals surface area contributed by atoms with Crippen LogP contribution in [0.2, 0.25) is 0 Å². The van der Waals surface area contributed by atoms with Crippen LogP contribution in [-0.2, 0) is 4.79 Å². The molecule has 28 heavy (non-hydrogen) atoms. The quantitative estimate of drug-likeness (QED) is 0.443. The third-order valence-corrected chi connectivity index (χ3v) is 3.61. The van der Waals surface area contributed by atoms with Crippen LogP contribution in [0.4, 0.5) is 0 Å². The second kappa shape index (κ2) is 23.0. The van der Waals surface area contributed by atoms with Crippen molar-refractivity contribution >= 4 is 5.91 Å². The van der Waals surface area contributed by atoms with Crippen LogP contribution in [0.15, 0.2) is 72.0 Å². The van der Waals surface area contributed by atoms with Gasteiger partial charge < -0.3 is 4.90 Å². The summed E-state index contributed by atoms with van der Waals surface area (Å²) in [5, 5.41) is 0. The Morgan fingerprint density at radius 1 is 0.893 bits per heavy atom. The molecule has 1 atom stereocenters. The molecular formula is C26H47NO. The number of carbonyl (C=O) groups is 1. The van der Waals surface area contributed by atoms with Gasteiger partial charge in [0.15, 0.2) is 0 Å². The molecule has 0 saturated carbocycles. The van der Waals surface area contributed by atoms with Gasteiger partial charge >= 0.3 is 0 Å². The van der Waals surface area contributed by atoms with E-state index in [0.717, 1.165) is 22.4 Å². The van der Waals surface area contributed by atoms with Gasteiger partial charge in [-0.15, -0.1) is 0 Å². The Morgan fingerprint density at radius 3 is 1.71 bits per heavy atom. The minimum atomic E-state index is -0.201. The molecule has 0 saturated heterocycles. The average Bonchev–Trinajstić information content (AvgIpc) is 2.83. The summed E-state index contributed by atoms with van der Waals surface area (Å²) >= 11 is 0. The zero-order chi connectivity index (χ0) is 23.3. The molecule has 0 aliphatic carbocycles. The molecule has 0 aromatic carbocycles. The van der Waals surface area contributed by atoms with Gasteiger partial charge in [0.05, 0.1) is 5.92 Å². The van der Waals surface area contributed by atoms with Crippen LogP contribution >= 0.6 is 0 Å². The zero-order valence-corrected chi connectivity index (χ0v) is 20.8. The molecule has 0 bridgehead atoms. The standard InChI is InChI=1S/C18H23NO.4C2H6/c1-7-10-12-16-14(5)19(6)18(20)13(4)15(9-3)17(16)11-8-2;4*1-2/h7-13H,1,3H2,2,4-6H3;4*1-2H3/b11-8-,12-10-;;;;. The number of allylic oxidation sites excluding steroid dienone is 9. The van der Waals surface area contributed by atoms with E-state index in [9.17, 15) is 4.79 Å². The van der Waals surface area contributed by atoms with Gasteiger partial charge in [0.25, 0.3) is 0 Å². The molecular weight excluding hydrogens is 342 g/mol. The summed E-state index contributed by atoms with van der Waals surface area (Å²) in [6.45, 7) is 29.4. The number of nitrogens with zero attached hydrogens (tertiary/aromatic N) is 1. The molecule has 0 radical (unpaired) electrons. The zero-order valence-electron chi connectivity index (χ0n) is 20.8. The van der Waals surface area contributed by atoms with Crippen LogP contribution in [0.25, 0.3) is 0 Å². The van der Waals surface area contributed by atoms with E-state index in [-0.39, 0.29) is 11.8 Å². The van der Waals surface area contributed by atoms with Gasteiger partial charge in [-0.25, -0.2) is 0 Å². The smallest absolute Gasteiger partial charge is 0.233 e. The predicted molar refractivity (Wildman–Crippen MR) is 131 cm³/mol. The van der Waals surface area contributed by atoms with E-state index in [1.165, 1.54) is 0 Å². The van der Waals surface area contributed by atoms with Crippen molar-refractivity contribution in [2.45, 2.75) is 76.2 Å². The highest BCUT2D eigenvalue weighted by atomic mass is 16.2. The highest BCUT2D eigenvalue weighted by Gasteiger charge is 2.28. The fourth-order valence-electron chi connectivity index (χ4n) is 2.37. The molecule has 0 fully saturated rings. The lowest BCUT2D eigenvalue weighted by molar-refractivity contribution is -0.130. The minimum absolute atomic E-state index is 0.0846. The van der Waals surface area contributed by atoms with E-state index >= 15 is 0 Å². The van der Waals surface area contributed by atoms with Crippen molar-refractivity contribution in [3.63, 3.8) is 0 Å². The molecule has 2 nitrogen and oxygen atoms in total. The Balaban J connectivity index is -0.000000318. The largest absolute Gasteiger partial charge is 0.318 e. The van der Waals surface area contributed by atoms with E-state index in [1.807, 2.05) is 108 Å². The topological polar surface area (TPSA) is 20.3 Å². The Labute approximate surface area is 177 Å². The third-order valence-electron chi connectivity index (χ3n) is 3.61. The van der Waals surface area contributed by atoms with E-state index < -0.39 is 0 Å². The van der Waals surface area contributed by atoms with Crippen LogP contribution < -0.4 is 0 Å². The lowest BCUT2D eigenvalue weighted by Crippen LogP contribution is -2.29. The van der Waals surface area contributed by atoms with Crippen molar-refractivity contribution in [3.05, 3.63) is 72.0 Å². The van der Waals surface area contributed by atoms with Gasteiger partial charge in [-0.05, 0) is 31.9 Å². The molecule has 0 spiro atoms. The number of hydrogen-bond donors (Lipinski definition) is 0. The summed E-state index contributed by atoms with van der Waals surface area (Å²) in [5.74, 6) is -0.116. The third kappa shape index (κ3) is 10.3. The number of hydrogen-bond acceptors (Lipinski definition) is 1. The van der Waals surface area contributed by atoms with E-state index in [2.05, 4.69) is 13.2 Å². The maximum Gasteiger partial charge on any atom is 0.233 e. The highest BCUT2D eigenvalue weighted by molar-refractivity contribution is 5.86. The van der Waals surface area contributed by atoms with Crippen molar-refractivity contribution in [2.75, 3.05) is 7.05 Å². The Kier molecular flexibility index (Phi) is 27.5. The van der Waals surface area contributed by atoms with E-state index in [1.54, 1.807) is 17.1 Å². The summed E-state index contributed by atoms with van der Waals surface area (Å²) in [6, 6.07) is 0. The van der Waals surface area contributed by atoms with Gasteiger partial charge in [-0.1, -0.05) is 105 Å². The molecule has 1 aliphatic heterocycles. The molecule has 1 heterocycles. The summed E-state index contributed by atoms with van der Waals surface area (Å²) in [4.78, 5) is 14.2. The molecule has 1 rings (SSSR count). The van der Waals surface area contributed by atoms with Crippen molar-refractivity contribution in [1.82, 2.24) is 4.90 Å². The molecule has 162 valence electrons. The second-order valence-electron chi connectivity index (χ2n) is 4.79. The molecule has 0 N–H and O–H groups in total. The maximum atomic E-state index is 12.4. The number of rotatable bonds is 4. The molecule has 0 aromatic heterocycles. The maximum absolute atomic E-state index is 12.4. The minimum Gasteiger partial charge on any atom is -0.318 e. The van der Waals surface area contributed by atoms with Gasteiger partial charge in [-0.2, -0.15) is 0 Å². The van der Waals surface area contributed by atoms with E-state index in [4.69, 9.17) is 0 Å². The summed E-state index contributed by atoms with van der Waals surface area (Å²) < 4.78 is 0. The normalized spacial score (nSPS) is 15.9. The van der Waals surface area contributed by atoms with Crippen molar-refractivity contribution in [1.29, 1.82) is 0 Å². The first-order chi connectivity index (χ1) is 13.5.